The molecule has 1 unspecified atom stereocenters. The maximum absolute atomic E-state index is 11.9. The molecule has 0 aliphatic carbocycles. The van der Waals surface area contributed by atoms with E-state index < -0.39 is 15.8 Å². The van der Waals surface area contributed by atoms with E-state index >= 15 is 0 Å². The highest BCUT2D eigenvalue weighted by Gasteiger charge is 2.33. The van der Waals surface area contributed by atoms with Crippen molar-refractivity contribution in [1.29, 1.82) is 0 Å². The van der Waals surface area contributed by atoms with Crippen LogP contribution in [0.4, 0.5) is 5.69 Å². The first-order valence-corrected chi connectivity index (χ1v) is 7.85. The lowest BCUT2D eigenvalue weighted by Crippen LogP contribution is -2.24. The summed E-state index contributed by atoms with van der Waals surface area (Å²) in [5.74, 6) is -0.659. The van der Waals surface area contributed by atoms with E-state index in [2.05, 4.69) is 5.32 Å². The Morgan fingerprint density at radius 2 is 2.17 bits per heavy atom. The Balaban J connectivity index is 2.10. The molecule has 4 nitrogen and oxygen atoms in total. The normalized spacial score (nSPS) is 21.8. The van der Waals surface area contributed by atoms with E-state index in [9.17, 15) is 13.2 Å². The molecule has 1 amide bonds. The summed E-state index contributed by atoms with van der Waals surface area (Å²) in [5.41, 5.74) is 1.53. The summed E-state index contributed by atoms with van der Waals surface area (Å²) in [5, 5.41) is 3.28. The van der Waals surface area contributed by atoms with Gasteiger partial charge in [0.15, 0.2) is 9.84 Å². The fraction of sp³-hybridized carbons (Fsp3) is 0.417. The summed E-state index contributed by atoms with van der Waals surface area (Å²) in [6.07, 6.45) is 0.397. The first-order valence-electron chi connectivity index (χ1n) is 5.65. The number of benzene rings is 1. The lowest BCUT2D eigenvalue weighted by molar-refractivity contribution is -0.119. The number of amides is 1. The molecule has 1 atom stereocenters. The SMILES string of the molecule is Cc1ccc(Cl)cc1NC(=O)C1CCS(=O)(=O)C1. The first kappa shape index (κ1) is 13.4. The summed E-state index contributed by atoms with van der Waals surface area (Å²) in [4.78, 5) is 11.9. The van der Waals surface area contributed by atoms with Gasteiger partial charge in [-0.05, 0) is 31.0 Å². The van der Waals surface area contributed by atoms with E-state index in [0.29, 0.717) is 17.1 Å². The number of carbonyl (C=O) groups excluding carboxylic acids is 1. The van der Waals surface area contributed by atoms with Crippen molar-refractivity contribution >= 4 is 33.0 Å². The second-order valence-corrected chi connectivity index (χ2v) is 7.21. The Morgan fingerprint density at radius 1 is 1.44 bits per heavy atom. The molecule has 0 radical (unpaired) electrons. The highest BCUT2D eigenvalue weighted by atomic mass is 35.5. The van der Waals surface area contributed by atoms with Gasteiger partial charge in [-0.25, -0.2) is 8.42 Å². The lowest BCUT2D eigenvalue weighted by atomic mass is 10.1. The maximum atomic E-state index is 11.9. The van der Waals surface area contributed by atoms with Crippen molar-refractivity contribution in [2.45, 2.75) is 13.3 Å². The van der Waals surface area contributed by atoms with Crippen molar-refractivity contribution in [3.8, 4) is 0 Å². The van der Waals surface area contributed by atoms with Crippen LogP contribution in [-0.4, -0.2) is 25.8 Å². The van der Waals surface area contributed by atoms with Gasteiger partial charge < -0.3 is 5.32 Å². The van der Waals surface area contributed by atoms with Gasteiger partial charge in [0.25, 0.3) is 0 Å². The Hall–Kier alpha value is -1.07. The lowest BCUT2D eigenvalue weighted by Gasteiger charge is -2.11. The standard InChI is InChI=1S/C12H14ClNO3S/c1-8-2-3-10(13)6-11(8)14-12(15)9-4-5-18(16,17)7-9/h2-3,6,9H,4-5,7H2,1H3,(H,14,15). The highest BCUT2D eigenvalue weighted by molar-refractivity contribution is 7.91. The fourth-order valence-electron chi connectivity index (χ4n) is 1.97. The Bertz CT molecular complexity index is 583. The van der Waals surface area contributed by atoms with E-state index in [1.165, 1.54) is 0 Å². The second-order valence-electron chi connectivity index (χ2n) is 4.55. The van der Waals surface area contributed by atoms with Gasteiger partial charge in [0.05, 0.1) is 17.4 Å². The second kappa shape index (κ2) is 4.90. The Kier molecular flexibility index (Phi) is 3.64. The van der Waals surface area contributed by atoms with Gasteiger partial charge in [-0.1, -0.05) is 17.7 Å². The van der Waals surface area contributed by atoms with Crippen LogP contribution in [0, 0.1) is 12.8 Å². The zero-order chi connectivity index (χ0) is 13.3. The first-order chi connectivity index (χ1) is 8.37. The molecule has 0 bridgehead atoms. The highest BCUT2D eigenvalue weighted by Crippen LogP contribution is 2.24. The molecule has 1 aromatic rings. The maximum Gasteiger partial charge on any atom is 0.228 e. The molecule has 1 aliphatic heterocycles. The molecule has 1 saturated heterocycles. The summed E-state index contributed by atoms with van der Waals surface area (Å²) in [7, 11) is -3.04. The molecule has 1 fully saturated rings. The smallest absolute Gasteiger partial charge is 0.228 e. The molecule has 1 aromatic carbocycles. The monoisotopic (exact) mass is 287 g/mol. The summed E-state index contributed by atoms with van der Waals surface area (Å²) >= 11 is 5.86. The molecule has 0 spiro atoms. The van der Waals surface area contributed by atoms with Gasteiger partial charge in [-0.15, -0.1) is 0 Å². The average molecular weight is 288 g/mol. The molecule has 0 saturated carbocycles. The van der Waals surface area contributed by atoms with Crippen molar-refractivity contribution in [2.75, 3.05) is 16.8 Å². The van der Waals surface area contributed by atoms with Crippen molar-refractivity contribution < 1.29 is 13.2 Å². The van der Waals surface area contributed by atoms with Crippen LogP contribution >= 0.6 is 11.6 Å². The zero-order valence-corrected chi connectivity index (χ0v) is 11.5. The average Bonchev–Trinajstić information content (AvgIpc) is 2.64. The van der Waals surface area contributed by atoms with Gasteiger partial charge in [0.1, 0.15) is 0 Å². The van der Waals surface area contributed by atoms with Crippen LogP contribution in [-0.2, 0) is 14.6 Å². The van der Waals surface area contributed by atoms with Gasteiger partial charge in [-0.3, -0.25) is 4.79 Å². The number of hydrogen-bond acceptors (Lipinski definition) is 3. The minimum absolute atomic E-state index is 0.0571. The van der Waals surface area contributed by atoms with Gasteiger partial charge >= 0.3 is 0 Å². The van der Waals surface area contributed by atoms with Gasteiger partial charge in [0, 0.05) is 10.7 Å². The summed E-state index contributed by atoms with van der Waals surface area (Å²) < 4.78 is 22.6. The van der Waals surface area contributed by atoms with E-state index in [4.69, 9.17) is 11.6 Å². The Labute approximate surface area is 111 Å². The van der Waals surface area contributed by atoms with Crippen molar-refractivity contribution in [1.82, 2.24) is 0 Å². The largest absolute Gasteiger partial charge is 0.326 e. The number of rotatable bonds is 2. The molecule has 98 valence electrons. The molecular formula is C12H14ClNO3S. The van der Waals surface area contributed by atoms with Crippen LogP contribution in [0.3, 0.4) is 0 Å². The number of halogens is 1. The number of nitrogens with one attached hydrogen (secondary N) is 1. The summed E-state index contributed by atoms with van der Waals surface area (Å²) in [6.45, 7) is 1.86. The third-order valence-corrected chi connectivity index (χ3v) is 5.06. The van der Waals surface area contributed by atoms with E-state index in [0.717, 1.165) is 5.56 Å². The van der Waals surface area contributed by atoms with Crippen LogP contribution < -0.4 is 5.32 Å². The quantitative estimate of drug-likeness (QED) is 0.905. The van der Waals surface area contributed by atoms with Crippen LogP contribution in [0.5, 0.6) is 0 Å². The fourth-order valence-corrected chi connectivity index (χ4v) is 3.88. The molecule has 2 rings (SSSR count). The molecule has 0 aromatic heterocycles. The number of aryl methyl sites for hydroxylation is 1. The number of sulfone groups is 1. The molecule has 6 heteroatoms. The van der Waals surface area contributed by atoms with Crippen molar-refractivity contribution in [2.24, 2.45) is 5.92 Å². The third kappa shape index (κ3) is 3.03. The van der Waals surface area contributed by atoms with E-state index in [-0.39, 0.29) is 17.4 Å². The zero-order valence-electron chi connectivity index (χ0n) is 9.94. The summed E-state index contributed by atoms with van der Waals surface area (Å²) in [6, 6.07) is 5.22. The molecule has 18 heavy (non-hydrogen) atoms. The van der Waals surface area contributed by atoms with Gasteiger partial charge in [0.2, 0.25) is 5.91 Å². The number of hydrogen-bond donors (Lipinski definition) is 1. The van der Waals surface area contributed by atoms with Crippen LogP contribution in [0.25, 0.3) is 0 Å². The van der Waals surface area contributed by atoms with E-state index in [1.807, 2.05) is 13.0 Å². The molecular weight excluding hydrogens is 274 g/mol. The predicted molar refractivity (Wildman–Crippen MR) is 71.6 cm³/mol. The minimum atomic E-state index is -3.04. The number of carbonyl (C=O) groups is 1. The molecule has 1 heterocycles. The van der Waals surface area contributed by atoms with Crippen LogP contribution in [0.1, 0.15) is 12.0 Å². The predicted octanol–water partition coefficient (Wildman–Crippen LogP) is 2.02. The van der Waals surface area contributed by atoms with Crippen LogP contribution in [0.15, 0.2) is 18.2 Å². The Morgan fingerprint density at radius 3 is 2.78 bits per heavy atom. The van der Waals surface area contributed by atoms with Gasteiger partial charge in [-0.2, -0.15) is 0 Å². The van der Waals surface area contributed by atoms with E-state index in [1.54, 1.807) is 12.1 Å². The third-order valence-electron chi connectivity index (χ3n) is 3.06. The molecule has 1 aliphatic rings. The number of anilines is 1. The van der Waals surface area contributed by atoms with Crippen molar-refractivity contribution in [3.05, 3.63) is 28.8 Å². The topological polar surface area (TPSA) is 63.2 Å². The van der Waals surface area contributed by atoms with Crippen molar-refractivity contribution in [3.63, 3.8) is 0 Å². The minimum Gasteiger partial charge on any atom is -0.326 e. The molecule has 1 N–H and O–H groups in total. The van der Waals surface area contributed by atoms with Crippen LogP contribution in [0.2, 0.25) is 5.02 Å².